The fourth-order valence-electron chi connectivity index (χ4n) is 1.06. The van der Waals surface area contributed by atoms with Gasteiger partial charge in [0.25, 0.3) is 0 Å². The minimum atomic E-state index is -0.0940. The maximum Gasteiger partial charge on any atom is 0.179 e. The highest BCUT2D eigenvalue weighted by molar-refractivity contribution is 5.91. The van der Waals surface area contributed by atoms with Gasteiger partial charge in [-0.25, -0.2) is 9.97 Å². The van der Waals surface area contributed by atoms with Gasteiger partial charge in [-0.3, -0.25) is 4.79 Å². The summed E-state index contributed by atoms with van der Waals surface area (Å²) in [6.45, 7) is 1.45. The van der Waals surface area contributed by atoms with E-state index in [1.54, 1.807) is 18.4 Å². The molecule has 0 atom stereocenters. The molecule has 0 radical (unpaired) electrons. The number of hydrogen-bond acceptors (Lipinski definition) is 4. The van der Waals surface area contributed by atoms with Gasteiger partial charge in [0, 0.05) is 6.92 Å². The summed E-state index contributed by atoms with van der Waals surface area (Å²) in [6.07, 6.45) is 4.53. The topological polar surface area (TPSA) is 56.0 Å². The van der Waals surface area contributed by atoms with Crippen molar-refractivity contribution in [3.63, 3.8) is 0 Å². The highest BCUT2D eigenvalue weighted by Gasteiger charge is 2.04. The van der Waals surface area contributed by atoms with E-state index in [-0.39, 0.29) is 5.78 Å². The van der Waals surface area contributed by atoms with Crippen molar-refractivity contribution < 1.29 is 9.21 Å². The normalized spacial score (nSPS) is 10.1. The Morgan fingerprint density at radius 1 is 1.36 bits per heavy atom. The molecule has 0 aliphatic carbocycles. The zero-order chi connectivity index (χ0) is 9.97. The Morgan fingerprint density at radius 2 is 2.21 bits per heavy atom. The summed E-state index contributed by atoms with van der Waals surface area (Å²) in [6, 6.07) is 3.56. The number of rotatable bonds is 2. The number of nitrogens with zero attached hydrogens (tertiary/aromatic N) is 2. The summed E-state index contributed by atoms with van der Waals surface area (Å²) < 4.78 is 5.13. The van der Waals surface area contributed by atoms with E-state index in [9.17, 15) is 4.79 Å². The van der Waals surface area contributed by atoms with Crippen LogP contribution in [0.1, 0.15) is 17.4 Å². The van der Waals surface area contributed by atoms with Crippen molar-refractivity contribution in [3.8, 4) is 11.5 Å². The van der Waals surface area contributed by atoms with Crippen LogP contribution in [0.4, 0.5) is 0 Å². The molecule has 0 fully saturated rings. The van der Waals surface area contributed by atoms with Crippen molar-refractivity contribution in [2.45, 2.75) is 6.92 Å². The monoisotopic (exact) mass is 188 g/mol. The zero-order valence-corrected chi connectivity index (χ0v) is 7.60. The lowest BCUT2D eigenvalue weighted by atomic mass is 10.3. The lowest BCUT2D eigenvalue weighted by Crippen LogP contribution is -1.97. The molecule has 2 heterocycles. The number of Topliss-reactive ketones (excluding diaryl/α,β-unsaturated/α-hetero) is 1. The smallest absolute Gasteiger partial charge is 0.179 e. The van der Waals surface area contributed by atoms with E-state index in [0.717, 1.165) is 0 Å². The fourth-order valence-corrected chi connectivity index (χ4v) is 1.06. The maximum absolute atomic E-state index is 10.9. The van der Waals surface area contributed by atoms with Gasteiger partial charge in [-0.1, -0.05) is 0 Å². The summed E-state index contributed by atoms with van der Waals surface area (Å²) in [5.74, 6) is 0.552. The van der Waals surface area contributed by atoms with E-state index in [1.807, 2.05) is 0 Å². The second-order valence-corrected chi connectivity index (χ2v) is 2.82. The van der Waals surface area contributed by atoms with Crippen molar-refractivity contribution in [1.29, 1.82) is 0 Å². The van der Waals surface area contributed by atoms with E-state index < -0.39 is 0 Å². The minimum absolute atomic E-state index is 0.0940. The van der Waals surface area contributed by atoms with Crippen LogP contribution >= 0.6 is 0 Å². The fraction of sp³-hybridized carbons (Fsp3) is 0.100. The summed E-state index contributed by atoms with van der Waals surface area (Å²) >= 11 is 0. The average molecular weight is 188 g/mol. The van der Waals surface area contributed by atoms with Crippen LogP contribution in [-0.2, 0) is 0 Å². The molecule has 2 aromatic heterocycles. The Morgan fingerprint density at radius 3 is 2.71 bits per heavy atom. The molecule has 0 N–H and O–H groups in total. The molecule has 70 valence electrons. The molecule has 0 amide bonds. The number of aromatic nitrogens is 2. The molecule has 0 aliphatic heterocycles. The third-order valence-corrected chi connectivity index (χ3v) is 1.79. The maximum atomic E-state index is 10.9. The first-order chi connectivity index (χ1) is 6.77. The van der Waals surface area contributed by atoms with Gasteiger partial charge in [0.05, 0.1) is 18.7 Å². The molecule has 0 aromatic carbocycles. The van der Waals surface area contributed by atoms with E-state index in [0.29, 0.717) is 17.1 Å². The number of furan rings is 1. The van der Waals surface area contributed by atoms with Gasteiger partial charge in [0.2, 0.25) is 0 Å². The van der Waals surface area contributed by atoms with Gasteiger partial charge in [0.15, 0.2) is 11.5 Å². The SMILES string of the molecule is CC(=O)c1cnc(-c2ccco2)cn1. The second-order valence-electron chi connectivity index (χ2n) is 2.82. The van der Waals surface area contributed by atoms with E-state index >= 15 is 0 Å². The van der Waals surface area contributed by atoms with Crippen molar-refractivity contribution in [2.75, 3.05) is 0 Å². The van der Waals surface area contributed by atoms with E-state index in [4.69, 9.17) is 4.42 Å². The summed E-state index contributed by atoms with van der Waals surface area (Å²) in [7, 11) is 0. The molecular formula is C10H8N2O2. The standard InChI is InChI=1S/C10H8N2O2/c1-7(13)8-5-12-9(6-11-8)10-3-2-4-14-10/h2-6H,1H3. The van der Waals surface area contributed by atoms with Gasteiger partial charge in [-0.05, 0) is 12.1 Å². The van der Waals surface area contributed by atoms with Crippen LogP contribution in [0.3, 0.4) is 0 Å². The largest absolute Gasteiger partial charge is 0.463 e. The Kier molecular flexibility index (Phi) is 2.10. The van der Waals surface area contributed by atoms with Crippen molar-refractivity contribution in [3.05, 3.63) is 36.5 Å². The summed E-state index contributed by atoms with van der Waals surface area (Å²) in [4.78, 5) is 18.9. The van der Waals surface area contributed by atoms with Crippen LogP contribution in [0, 0.1) is 0 Å². The summed E-state index contributed by atoms with van der Waals surface area (Å²) in [5, 5.41) is 0. The van der Waals surface area contributed by atoms with Crippen LogP contribution in [0.5, 0.6) is 0 Å². The average Bonchev–Trinajstić information content (AvgIpc) is 2.71. The molecule has 0 bridgehead atoms. The van der Waals surface area contributed by atoms with E-state index in [1.165, 1.54) is 19.3 Å². The molecule has 2 aromatic rings. The first-order valence-electron chi connectivity index (χ1n) is 4.14. The number of carbonyl (C=O) groups is 1. The molecule has 0 spiro atoms. The van der Waals surface area contributed by atoms with Crippen LogP contribution in [0.2, 0.25) is 0 Å². The Bertz CT molecular complexity index is 432. The molecule has 14 heavy (non-hydrogen) atoms. The first-order valence-corrected chi connectivity index (χ1v) is 4.14. The van der Waals surface area contributed by atoms with Crippen molar-refractivity contribution >= 4 is 5.78 Å². The van der Waals surface area contributed by atoms with Gasteiger partial charge < -0.3 is 4.42 Å². The predicted molar refractivity (Wildman–Crippen MR) is 49.7 cm³/mol. The third kappa shape index (κ3) is 1.54. The van der Waals surface area contributed by atoms with Gasteiger partial charge >= 0.3 is 0 Å². The van der Waals surface area contributed by atoms with Gasteiger partial charge in [0.1, 0.15) is 11.4 Å². The predicted octanol–water partition coefficient (Wildman–Crippen LogP) is 1.94. The lowest BCUT2D eigenvalue weighted by Gasteiger charge is -1.96. The highest BCUT2D eigenvalue weighted by Crippen LogP contribution is 2.15. The quantitative estimate of drug-likeness (QED) is 0.676. The van der Waals surface area contributed by atoms with Gasteiger partial charge in [-0.2, -0.15) is 0 Å². The van der Waals surface area contributed by atoms with Crippen LogP contribution in [0.25, 0.3) is 11.5 Å². The molecule has 2 rings (SSSR count). The number of carbonyl (C=O) groups excluding carboxylic acids is 1. The van der Waals surface area contributed by atoms with Crippen LogP contribution in [-0.4, -0.2) is 15.8 Å². The minimum Gasteiger partial charge on any atom is -0.463 e. The van der Waals surface area contributed by atoms with E-state index in [2.05, 4.69) is 9.97 Å². The molecule has 0 aliphatic rings. The first kappa shape index (κ1) is 8.62. The third-order valence-electron chi connectivity index (χ3n) is 1.79. The summed E-state index contributed by atoms with van der Waals surface area (Å²) in [5.41, 5.74) is 0.986. The van der Waals surface area contributed by atoms with Crippen molar-refractivity contribution in [2.24, 2.45) is 0 Å². The molecule has 4 heteroatoms. The Hall–Kier alpha value is -1.97. The number of hydrogen-bond donors (Lipinski definition) is 0. The Balaban J connectivity index is 2.36. The van der Waals surface area contributed by atoms with Crippen LogP contribution in [0.15, 0.2) is 35.2 Å². The zero-order valence-electron chi connectivity index (χ0n) is 7.60. The molecule has 4 nitrogen and oxygen atoms in total. The molecular weight excluding hydrogens is 180 g/mol. The molecule has 0 saturated carbocycles. The van der Waals surface area contributed by atoms with Gasteiger partial charge in [-0.15, -0.1) is 0 Å². The lowest BCUT2D eigenvalue weighted by molar-refractivity contribution is 0.101. The molecule has 0 saturated heterocycles. The highest BCUT2D eigenvalue weighted by atomic mass is 16.3. The Labute approximate surface area is 80.6 Å². The second kappa shape index (κ2) is 3.41. The van der Waals surface area contributed by atoms with Crippen LogP contribution < -0.4 is 0 Å². The number of ketones is 1. The van der Waals surface area contributed by atoms with Crippen molar-refractivity contribution in [1.82, 2.24) is 9.97 Å². The molecule has 0 unspecified atom stereocenters.